The number of rotatable bonds is 2. The van der Waals surface area contributed by atoms with Crippen molar-refractivity contribution in [3.05, 3.63) is 0 Å². The van der Waals surface area contributed by atoms with Crippen LogP contribution in [0.3, 0.4) is 0 Å². The number of carbonyl (C=O) groups excluding carboxylic acids is 2. The van der Waals surface area contributed by atoms with Crippen LogP contribution in [-0.2, 0) is 9.59 Å². The molecule has 84 valence electrons. The van der Waals surface area contributed by atoms with Gasteiger partial charge in [-0.15, -0.1) is 0 Å². The second kappa shape index (κ2) is 12.3. The van der Waals surface area contributed by atoms with Crippen molar-refractivity contribution < 1.29 is 9.59 Å². The highest BCUT2D eigenvalue weighted by atomic mass is 16.1. The van der Waals surface area contributed by atoms with Crippen molar-refractivity contribution in [2.75, 3.05) is 0 Å². The van der Waals surface area contributed by atoms with Gasteiger partial charge in [0.15, 0.2) is 0 Å². The van der Waals surface area contributed by atoms with E-state index in [0.717, 1.165) is 11.8 Å². The molecule has 2 heteroatoms. The lowest BCUT2D eigenvalue weighted by atomic mass is 9.77. The number of hydrogen-bond donors (Lipinski definition) is 0. The summed E-state index contributed by atoms with van der Waals surface area (Å²) in [5.41, 5.74) is 0. The predicted octanol–water partition coefficient (Wildman–Crippen LogP) is 3.24. The molecule has 0 amide bonds. The van der Waals surface area contributed by atoms with Gasteiger partial charge in [-0.3, -0.25) is 0 Å². The zero-order valence-electron chi connectivity index (χ0n) is 9.63. The normalized spacial score (nSPS) is 25.0. The highest BCUT2D eigenvalue weighted by Gasteiger charge is 2.21. The minimum absolute atomic E-state index is 1.07. The van der Waals surface area contributed by atoms with Crippen LogP contribution in [0.4, 0.5) is 0 Å². The molecule has 0 aromatic heterocycles. The summed E-state index contributed by atoms with van der Waals surface area (Å²) in [5.74, 6) is 2.14. The van der Waals surface area contributed by atoms with Gasteiger partial charge in [-0.1, -0.05) is 52.4 Å². The SMILES string of the molecule is C=O.C=O.CCC1CCCCC1CC. The smallest absolute Gasteiger partial charge is 0.106 e. The fraction of sp³-hybridized carbons (Fsp3) is 0.833. The Morgan fingerprint density at radius 2 is 1.14 bits per heavy atom. The van der Waals surface area contributed by atoms with E-state index in [0.29, 0.717) is 0 Å². The number of hydrogen-bond acceptors (Lipinski definition) is 2. The third kappa shape index (κ3) is 5.90. The first-order chi connectivity index (χ1) is 6.88. The first kappa shape index (κ1) is 15.8. The Morgan fingerprint density at radius 1 is 0.857 bits per heavy atom. The molecule has 0 spiro atoms. The van der Waals surface area contributed by atoms with E-state index < -0.39 is 0 Å². The minimum atomic E-state index is 1.07. The maximum Gasteiger partial charge on any atom is 0.106 e. The van der Waals surface area contributed by atoms with Gasteiger partial charge in [-0.05, 0) is 11.8 Å². The van der Waals surface area contributed by atoms with E-state index in [2.05, 4.69) is 13.8 Å². The molecule has 0 aromatic carbocycles. The van der Waals surface area contributed by atoms with Gasteiger partial charge in [0.1, 0.15) is 13.6 Å². The molecule has 1 aliphatic carbocycles. The zero-order chi connectivity index (χ0) is 11.4. The second-order valence-corrected chi connectivity index (χ2v) is 3.62. The lowest BCUT2D eigenvalue weighted by Crippen LogP contribution is -2.17. The molecular formula is C12H24O2. The summed E-state index contributed by atoms with van der Waals surface area (Å²) >= 11 is 0. The van der Waals surface area contributed by atoms with Crippen LogP contribution < -0.4 is 0 Å². The zero-order valence-corrected chi connectivity index (χ0v) is 9.63. The van der Waals surface area contributed by atoms with Crippen molar-refractivity contribution in [1.29, 1.82) is 0 Å². The summed E-state index contributed by atoms with van der Waals surface area (Å²) in [6.45, 7) is 8.69. The van der Waals surface area contributed by atoms with Crippen molar-refractivity contribution in [2.24, 2.45) is 11.8 Å². The van der Waals surface area contributed by atoms with Crippen LogP contribution in [0.2, 0.25) is 0 Å². The van der Waals surface area contributed by atoms with Crippen LogP contribution in [0.1, 0.15) is 52.4 Å². The summed E-state index contributed by atoms with van der Waals surface area (Å²) in [6.07, 6.45) is 8.84. The van der Waals surface area contributed by atoms with E-state index in [4.69, 9.17) is 9.59 Å². The van der Waals surface area contributed by atoms with E-state index in [1.54, 1.807) is 0 Å². The highest BCUT2D eigenvalue weighted by Crippen LogP contribution is 2.33. The molecule has 1 rings (SSSR count). The summed E-state index contributed by atoms with van der Waals surface area (Å²) < 4.78 is 0. The Balaban J connectivity index is 0. The van der Waals surface area contributed by atoms with Gasteiger partial charge in [0.25, 0.3) is 0 Å². The van der Waals surface area contributed by atoms with E-state index in [1.165, 1.54) is 38.5 Å². The van der Waals surface area contributed by atoms with Crippen molar-refractivity contribution in [3.8, 4) is 0 Å². The average molecular weight is 200 g/mol. The molecule has 2 nitrogen and oxygen atoms in total. The molecule has 14 heavy (non-hydrogen) atoms. The third-order valence-electron chi connectivity index (χ3n) is 3.12. The average Bonchev–Trinajstić information content (AvgIpc) is 2.34. The number of carbonyl (C=O) groups is 2. The standard InChI is InChI=1S/C10H20.2CH2O/c1-3-9-7-5-6-8-10(9)4-2;2*1-2/h9-10H,3-8H2,1-2H3;2*1H2. The minimum Gasteiger partial charge on any atom is -0.307 e. The van der Waals surface area contributed by atoms with Gasteiger partial charge in [-0.25, -0.2) is 0 Å². The van der Waals surface area contributed by atoms with Crippen LogP contribution >= 0.6 is 0 Å². The van der Waals surface area contributed by atoms with Crippen molar-refractivity contribution in [1.82, 2.24) is 0 Å². The van der Waals surface area contributed by atoms with E-state index >= 15 is 0 Å². The maximum absolute atomic E-state index is 8.00. The van der Waals surface area contributed by atoms with E-state index in [-0.39, 0.29) is 0 Å². The van der Waals surface area contributed by atoms with Gasteiger partial charge in [0.05, 0.1) is 0 Å². The van der Waals surface area contributed by atoms with Crippen molar-refractivity contribution >= 4 is 13.6 Å². The molecule has 0 N–H and O–H groups in total. The van der Waals surface area contributed by atoms with Crippen LogP contribution in [0.15, 0.2) is 0 Å². The molecular weight excluding hydrogens is 176 g/mol. The summed E-state index contributed by atoms with van der Waals surface area (Å²) in [7, 11) is 0. The lowest BCUT2D eigenvalue weighted by molar-refractivity contribution is -0.0987. The lowest BCUT2D eigenvalue weighted by Gasteiger charge is -2.29. The quantitative estimate of drug-likeness (QED) is 0.685. The molecule has 1 saturated carbocycles. The van der Waals surface area contributed by atoms with Crippen molar-refractivity contribution in [2.45, 2.75) is 52.4 Å². The molecule has 0 aromatic rings. The molecule has 0 aliphatic heterocycles. The Kier molecular flexibility index (Phi) is 13.9. The van der Waals surface area contributed by atoms with Crippen LogP contribution in [0.5, 0.6) is 0 Å². The summed E-state index contributed by atoms with van der Waals surface area (Å²) in [6, 6.07) is 0. The van der Waals surface area contributed by atoms with Crippen LogP contribution in [-0.4, -0.2) is 13.6 Å². The fourth-order valence-electron chi connectivity index (χ4n) is 2.36. The predicted molar refractivity (Wildman–Crippen MR) is 60.3 cm³/mol. The van der Waals surface area contributed by atoms with E-state index in [9.17, 15) is 0 Å². The molecule has 2 atom stereocenters. The molecule has 1 fully saturated rings. The first-order valence-electron chi connectivity index (χ1n) is 5.46. The highest BCUT2D eigenvalue weighted by molar-refractivity contribution is 5.11. The molecule has 0 radical (unpaired) electrons. The van der Waals surface area contributed by atoms with Gasteiger partial charge < -0.3 is 9.59 Å². The van der Waals surface area contributed by atoms with Gasteiger partial charge in [-0.2, -0.15) is 0 Å². The van der Waals surface area contributed by atoms with Gasteiger partial charge in [0.2, 0.25) is 0 Å². The Labute approximate surface area is 88.1 Å². The molecule has 2 unspecified atom stereocenters. The van der Waals surface area contributed by atoms with Gasteiger partial charge in [0, 0.05) is 0 Å². The Hall–Kier alpha value is -0.660. The molecule has 0 heterocycles. The summed E-state index contributed by atoms with van der Waals surface area (Å²) in [4.78, 5) is 16.0. The topological polar surface area (TPSA) is 34.1 Å². The Morgan fingerprint density at radius 3 is 1.36 bits per heavy atom. The molecule has 0 saturated heterocycles. The molecule has 0 bridgehead atoms. The summed E-state index contributed by atoms with van der Waals surface area (Å²) in [5, 5.41) is 0. The fourth-order valence-corrected chi connectivity index (χ4v) is 2.36. The van der Waals surface area contributed by atoms with Gasteiger partial charge >= 0.3 is 0 Å². The van der Waals surface area contributed by atoms with Crippen molar-refractivity contribution in [3.63, 3.8) is 0 Å². The Bertz CT molecular complexity index is 101. The third-order valence-corrected chi connectivity index (χ3v) is 3.12. The van der Waals surface area contributed by atoms with E-state index in [1.807, 2.05) is 13.6 Å². The monoisotopic (exact) mass is 200 g/mol. The second-order valence-electron chi connectivity index (χ2n) is 3.62. The largest absolute Gasteiger partial charge is 0.307 e. The maximum atomic E-state index is 8.00. The van der Waals surface area contributed by atoms with Crippen LogP contribution in [0.25, 0.3) is 0 Å². The molecule has 1 aliphatic rings. The van der Waals surface area contributed by atoms with Crippen LogP contribution in [0, 0.1) is 11.8 Å². The first-order valence-corrected chi connectivity index (χ1v) is 5.46.